The molecule has 1 fully saturated rings. The Morgan fingerprint density at radius 1 is 1.24 bits per heavy atom. The van der Waals surface area contributed by atoms with Crippen LogP contribution in [0.5, 0.6) is 0 Å². The van der Waals surface area contributed by atoms with Gasteiger partial charge in [0.1, 0.15) is 0 Å². The Balaban J connectivity index is 2.72. The van der Waals surface area contributed by atoms with E-state index in [4.69, 9.17) is 5.73 Å². The molecule has 0 saturated heterocycles. The van der Waals surface area contributed by atoms with Crippen molar-refractivity contribution in [2.24, 2.45) is 11.1 Å². The smallest absolute Gasteiger partial charge is 0.230 e. The van der Waals surface area contributed by atoms with Crippen LogP contribution < -0.4 is 5.73 Å². The molecule has 0 aromatic carbocycles. The lowest BCUT2D eigenvalue weighted by Crippen LogP contribution is -2.50. The van der Waals surface area contributed by atoms with Crippen LogP contribution in [0.25, 0.3) is 0 Å². The van der Waals surface area contributed by atoms with E-state index in [1.54, 1.807) is 0 Å². The van der Waals surface area contributed by atoms with Gasteiger partial charge in [-0.05, 0) is 25.7 Å². The fourth-order valence-electron chi connectivity index (χ4n) is 2.94. The van der Waals surface area contributed by atoms with E-state index in [1.165, 1.54) is 19.3 Å². The van der Waals surface area contributed by atoms with Crippen molar-refractivity contribution < 1.29 is 4.79 Å². The standard InChI is InChI=1S/C14H28N2O/c1-4-14(5-2,11-15)13(17)16(3)12-9-7-6-8-10-12/h12H,4-11,15H2,1-3H3. The highest BCUT2D eigenvalue weighted by atomic mass is 16.2. The Kier molecular flexibility index (Phi) is 5.44. The summed E-state index contributed by atoms with van der Waals surface area (Å²) >= 11 is 0. The number of nitrogens with two attached hydrogens (primary N) is 1. The third kappa shape index (κ3) is 3.01. The molecule has 3 heteroatoms. The number of hydrogen-bond donors (Lipinski definition) is 1. The molecular formula is C14H28N2O. The van der Waals surface area contributed by atoms with Crippen molar-refractivity contribution in [1.29, 1.82) is 0 Å². The summed E-state index contributed by atoms with van der Waals surface area (Å²) in [4.78, 5) is 14.6. The summed E-state index contributed by atoms with van der Waals surface area (Å²) in [5.74, 6) is 0.261. The van der Waals surface area contributed by atoms with Gasteiger partial charge in [-0.25, -0.2) is 0 Å². The van der Waals surface area contributed by atoms with Crippen LogP contribution in [0.3, 0.4) is 0 Å². The van der Waals surface area contributed by atoms with Gasteiger partial charge < -0.3 is 10.6 Å². The van der Waals surface area contributed by atoms with E-state index in [0.717, 1.165) is 25.7 Å². The minimum atomic E-state index is -0.327. The molecule has 1 aliphatic rings. The van der Waals surface area contributed by atoms with E-state index in [2.05, 4.69) is 13.8 Å². The second kappa shape index (κ2) is 6.39. The highest BCUT2D eigenvalue weighted by Crippen LogP contribution is 2.30. The molecule has 0 heterocycles. The van der Waals surface area contributed by atoms with Gasteiger partial charge in [-0.2, -0.15) is 0 Å². The van der Waals surface area contributed by atoms with Crippen molar-refractivity contribution in [3.05, 3.63) is 0 Å². The maximum absolute atomic E-state index is 12.6. The van der Waals surface area contributed by atoms with E-state index >= 15 is 0 Å². The third-order valence-corrected chi connectivity index (χ3v) is 4.64. The van der Waals surface area contributed by atoms with Gasteiger partial charge in [0.2, 0.25) is 5.91 Å². The molecule has 0 aromatic heterocycles. The van der Waals surface area contributed by atoms with E-state index in [-0.39, 0.29) is 11.3 Å². The number of carbonyl (C=O) groups is 1. The molecule has 0 atom stereocenters. The van der Waals surface area contributed by atoms with Gasteiger partial charge in [-0.15, -0.1) is 0 Å². The van der Waals surface area contributed by atoms with Gasteiger partial charge in [0, 0.05) is 19.6 Å². The van der Waals surface area contributed by atoms with Crippen molar-refractivity contribution in [2.75, 3.05) is 13.6 Å². The zero-order chi connectivity index (χ0) is 12.9. The van der Waals surface area contributed by atoms with E-state index in [1.807, 2.05) is 11.9 Å². The molecule has 1 amide bonds. The third-order valence-electron chi connectivity index (χ3n) is 4.64. The van der Waals surface area contributed by atoms with Crippen molar-refractivity contribution in [3.8, 4) is 0 Å². The van der Waals surface area contributed by atoms with Crippen LogP contribution in [0, 0.1) is 5.41 Å². The molecule has 0 spiro atoms. The Morgan fingerprint density at radius 2 is 1.76 bits per heavy atom. The Bertz CT molecular complexity index is 234. The van der Waals surface area contributed by atoms with Crippen molar-refractivity contribution in [1.82, 2.24) is 4.90 Å². The van der Waals surface area contributed by atoms with E-state index < -0.39 is 0 Å². The lowest BCUT2D eigenvalue weighted by molar-refractivity contribution is -0.143. The minimum absolute atomic E-state index is 0.261. The second-order valence-electron chi connectivity index (χ2n) is 5.40. The fraction of sp³-hybridized carbons (Fsp3) is 0.929. The Morgan fingerprint density at radius 3 is 2.18 bits per heavy atom. The van der Waals surface area contributed by atoms with Gasteiger partial charge in [-0.1, -0.05) is 33.1 Å². The Labute approximate surface area is 106 Å². The highest BCUT2D eigenvalue weighted by molar-refractivity contribution is 5.83. The molecule has 17 heavy (non-hydrogen) atoms. The van der Waals surface area contributed by atoms with Gasteiger partial charge in [-0.3, -0.25) is 4.79 Å². The second-order valence-corrected chi connectivity index (χ2v) is 5.40. The van der Waals surface area contributed by atoms with Gasteiger partial charge in [0.05, 0.1) is 5.41 Å². The summed E-state index contributed by atoms with van der Waals surface area (Å²) in [5, 5.41) is 0. The first-order chi connectivity index (χ1) is 8.11. The quantitative estimate of drug-likeness (QED) is 0.802. The summed E-state index contributed by atoms with van der Waals surface area (Å²) in [7, 11) is 1.97. The van der Waals surface area contributed by atoms with E-state index in [9.17, 15) is 4.79 Å². The van der Waals surface area contributed by atoms with Gasteiger partial charge in [0.15, 0.2) is 0 Å². The summed E-state index contributed by atoms with van der Waals surface area (Å²) in [6.07, 6.45) is 7.85. The molecule has 3 nitrogen and oxygen atoms in total. The largest absolute Gasteiger partial charge is 0.342 e. The van der Waals surface area contributed by atoms with Crippen LogP contribution in [0.4, 0.5) is 0 Å². The molecule has 0 aliphatic heterocycles. The van der Waals surface area contributed by atoms with Crippen molar-refractivity contribution in [2.45, 2.75) is 64.8 Å². The number of nitrogens with zero attached hydrogens (tertiary/aromatic N) is 1. The number of amides is 1. The molecule has 0 radical (unpaired) electrons. The molecular weight excluding hydrogens is 212 g/mol. The zero-order valence-corrected chi connectivity index (χ0v) is 11.7. The molecule has 0 aromatic rings. The first-order valence-electron chi connectivity index (χ1n) is 7.08. The van der Waals surface area contributed by atoms with Crippen LogP contribution in [0.1, 0.15) is 58.8 Å². The lowest BCUT2D eigenvalue weighted by atomic mass is 9.80. The zero-order valence-electron chi connectivity index (χ0n) is 11.7. The van der Waals surface area contributed by atoms with Crippen molar-refractivity contribution >= 4 is 5.91 Å². The lowest BCUT2D eigenvalue weighted by Gasteiger charge is -2.38. The summed E-state index contributed by atoms with van der Waals surface area (Å²) in [5.41, 5.74) is 5.52. The molecule has 0 bridgehead atoms. The summed E-state index contributed by atoms with van der Waals surface area (Å²) in [6, 6.07) is 0.445. The number of rotatable bonds is 5. The summed E-state index contributed by atoms with van der Waals surface area (Å²) in [6.45, 7) is 4.61. The first kappa shape index (κ1) is 14.5. The summed E-state index contributed by atoms with van der Waals surface area (Å²) < 4.78 is 0. The van der Waals surface area contributed by atoms with Gasteiger partial charge in [0.25, 0.3) is 0 Å². The fourth-order valence-corrected chi connectivity index (χ4v) is 2.94. The van der Waals surface area contributed by atoms with Crippen LogP contribution in [0.15, 0.2) is 0 Å². The predicted molar refractivity (Wildman–Crippen MR) is 71.7 cm³/mol. The average Bonchev–Trinajstić information content (AvgIpc) is 2.41. The maximum atomic E-state index is 12.6. The first-order valence-corrected chi connectivity index (χ1v) is 7.08. The molecule has 1 rings (SSSR count). The number of hydrogen-bond acceptors (Lipinski definition) is 2. The molecule has 100 valence electrons. The molecule has 1 aliphatic carbocycles. The minimum Gasteiger partial charge on any atom is -0.342 e. The van der Waals surface area contributed by atoms with Gasteiger partial charge >= 0.3 is 0 Å². The van der Waals surface area contributed by atoms with Crippen LogP contribution in [-0.4, -0.2) is 30.4 Å². The average molecular weight is 240 g/mol. The number of carbonyl (C=O) groups excluding carboxylic acids is 1. The van der Waals surface area contributed by atoms with E-state index in [0.29, 0.717) is 12.6 Å². The monoisotopic (exact) mass is 240 g/mol. The van der Waals surface area contributed by atoms with Crippen LogP contribution in [-0.2, 0) is 4.79 Å². The van der Waals surface area contributed by atoms with Crippen LogP contribution in [0.2, 0.25) is 0 Å². The topological polar surface area (TPSA) is 46.3 Å². The highest BCUT2D eigenvalue weighted by Gasteiger charge is 2.37. The SMILES string of the molecule is CCC(CC)(CN)C(=O)N(C)C1CCCCC1. The van der Waals surface area contributed by atoms with Crippen molar-refractivity contribution in [3.63, 3.8) is 0 Å². The molecule has 0 unspecified atom stereocenters. The maximum Gasteiger partial charge on any atom is 0.230 e. The van der Waals surface area contributed by atoms with Crippen LogP contribution >= 0.6 is 0 Å². The molecule has 1 saturated carbocycles. The molecule has 2 N–H and O–H groups in total. The normalized spacial score (nSPS) is 18.1. The Hall–Kier alpha value is -0.570. The predicted octanol–water partition coefficient (Wildman–Crippen LogP) is 2.54.